The molecule has 1 aromatic carbocycles. The lowest BCUT2D eigenvalue weighted by Gasteiger charge is -2.14. The molecule has 116 valence electrons. The summed E-state index contributed by atoms with van der Waals surface area (Å²) in [6.45, 7) is 6.11. The second kappa shape index (κ2) is 7.18. The minimum Gasteiger partial charge on any atom is -0.493 e. The Morgan fingerprint density at radius 1 is 1.32 bits per heavy atom. The molecule has 4 heteroatoms. The second-order valence-corrected chi connectivity index (χ2v) is 5.64. The summed E-state index contributed by atoms with van der Waals surface area (Å²) < 4.78 is 5.72. The van der Waals surface area contributed by atoms with E-state index in [4.69, 9.17) is 4.74 Å². The summed E-state index contributed by atoms with van der Waals surface area (Å²) in [5.74, 6) is 0.921. The fourth-order valence-electron chi connectivity index (χ4n) is 2.16. The molecule has 0 radical (unpaired) electrons. The third-order valence-electron chi connectivity index (χ3n) is 3.27. The van der Waals surface area contributed by atoms with Crippen LogP contribution in [0.5, 0.6) is 5.75 Å². The molecule has 0 aliphatic carbocycles. The predicted molar refractivity (Wildman–Crippen MR) is 85.9 cm³/mol. The van der Waals surface area contributed by atoms with Gasteiger partial charge in [0.1, 0.15) is 5.75 Å². The minimum absolute atomic E-state index is 0.0536. The lowest BCUT2D eigenvalue weighted by atomic mass is 10.0. The molecule has 2 aromatic rings. The van der Waals surface area contributed by atoms with Crippen LogP contribution >= 0.6 is 0 Å². The molecule has 22 heavy (non-hydrogen) atoms. The third kappa shape index (κ3) is 3.71. The summed E-state index contributed by atoms with van der Waals surface area (Å²) >= 11 is 0. The van der Waals surface area contributed by atoms with E-state index in [9.17, 15) is 9.90 Å². The Balaban J connectivity index is 2.43. The van der Waals surface area contributed by atoms with Crippen molar-refractivity contribution < 1.29 is 14.6 Å². The van der Waals surface area contributed by atoms with Gasteiger partial charge in [0.15, 0.2) is 5.78 Å². The SMILES string of the molecule is CC(=O)c1cc(-c2ncccc2CO)ccc1OCC(C)C. The van der Waals surface area contributed by atoms with Gasteiger partial charge < -0.3 is 9.84 Å². The van der Waals surface area contributed by atoms with Crippen molar-refractivity contribution in [1.82, 2.24) is 4.98 Å². The Hall–Kier alpha value is -2.20. The zero-order valence-corrected chi connectivity index (χ0v) is 13.2. The molecule has 0 aliphatic heterocycles. The van der Waals surface area contributed by atoms with E-state index in [-0.39, 0.29) is 12.4 Å². The van der Waals surface area contributed by atoms with Gasteiger partial charge in [-0.2, -0.15) is 0 Å². The number of Topliss-reactive ketones (excluding diaryl/α,β-unsaturated/α-hetero) is 1. The van der Waals surface area contributed by atoms with E-state index in [2.05, 4.69) is 18.8 Å². The van der Waals surface area contributed by atoms with Crippen molar-refractivity contribution in [1.29, 1.82) is 0 Å². The third-order valence-corrected chi connectivity index (χ3v) is 3.27. The van der Waals surface area contributed by atoms with Crippen molar-refractivity contribution in [2.45, 2.75) is 27.4 Å². The lowest BCUT2D eigenvalue weighted by molar-refractivity contribution is 0.101. The molecule has 0 atom stereocenters. The maximum absolute atomic E-state index is 11.9. The highest BCUT2D eigenvalue weighted by Crippen LogP contribution is 2.28. The van der Waals surface area contributed by atoms with Gasteiger partial charge in [0, 0.05) is 17.3 Å². The van der Waals surface area contributed by atoms with Crippen molar-refractivity contribution in [3.8, 4) is 17.0 Å². The summed E-state index contributed by atoms with van der Waals surface area (Å²) in [5.41, 5.74) is 2.75. The molecule has 1 aromatic heterocycles. The molecule has 0 fully saturated rings. The summed E-state index contributed by atoms with van der Waals surface area (Å²) in [5, 5.41) is 9.43. The summed E-state index contributed by atoms with van der Waals surface area (Å²) in [4.78, 5) is 16.2. The number of aliphatic hydroxyl groups is 1. The second-order valence-electron chi connectivity index (χ2n) is 5.64. The number of pyridine rings is 1. The minimum atomic E-state index is -0.0931. The zero-order chi connectivity index (χ0) is 16.1. The van der Waals surface area contributed by atoms with Gasteiger partial charge in [-0.05, 0) is 37.1 Å². The first-order chi connectivity index (χ1) is 10.5. The number of ether oxygens (including phenoxy) is 1. The average molecular weight is 299 g/mol. The number of benzene rings is 1. The number of carbonyl (C=O) groups is 1. The first-order valence-electron chi connectivity index (χ1n) is 7.35. The topological polar surface area (TPSA) is 59.4 Å². The maximum atomic E-state index is 11.9. The van der Waals surface area contributed by atoms with Crippen LogP contribution in [0.4, 0.5) is 0 Å². The number of nitrogens with zero attached hydrogens (tertiary/aromatic N) is 1. The number of aliphatic hydroxyl groups excluding tert-OH is 1. The van der Waals surface area contributed by atoms with Crippen LogP contribution in [0.1, 0.15) is 36.7 Å². The van der Waals surface area contributed by atoms with Gasteiger partial charge in [-0.15, -0.1) is 0 Å². The van der Waals surface area contributed by atoms with Gasteiger partial charge in [0.2, 0.25) is 0 Å². The van der Waals surface area contributed by atoms with E-state index < -0.39 is 0 Å². The molecule has 4 nitrogen and oxygen atoms in total. The molecule has 0 amide bonds. The monoisotopic (exact) mass is 299 g/mol. The Morgan fingerprint density at radius 3 is 2.73 bits per heavy atom. The van der Waals surface area contributed by atoms with Gasteiger partial charge in [0.25, 0.3) is 0 Å². The van der Waals surface area contributed by atoms with Crippen molar-refractivity contribution in [3.63, 3.8) is 0 Å². The quantitative estimate of drug-likeness (QED) is 0.830. The van der Waals surface area contributed by atoms with Crippen LogP contribution in [0.2, 0.25) is 0 Å². The number of rotatable bonds is 6. The predicted octanol–water partition coefficient (Wildman–Crippen LogP) is 3.48. The van der Waals surface area contributed by atoms with E-state index in [0.717, 1.165) is 11.1 Å². The summed E-state index contributed by atoms with van der Waals surface area (Å²) in [6.07, 6.45) is 1.67. The Labute approximate surface area is 130 Å². The van der Waals surface area contributed by atoms with E-state index in [1.54, 1.807) is 24.4 Å². The van der Waals surface area contributed by atoms with Crippen LogP contribution in [0.3, 0.4) is 0 Å². The Kier molecular flexibility index (Phi) is 5.28. The van der Waals surface area contributed by atoms with E-state index in [0.29, 0.717) is 29.5 Å². The van der Waals surface area contributed by atoms with Crippen molar-refractivity contribution in [2.24, 2.45) is 5.92 Å². The van der Waals surface area contributed by atoms with Crippen LogP contribution < -0.4 is 4.74 Å². The largest absolute Gasteiger partial charge is 0.493 e. The highest BCUT2D eigenvalue weighted by Gasteiger charge is 2.13. The van der Waals surface area contributed by atoms with Crippen molar-refractivity contribution in [3.05, 3.63) is 47.7 Å². The standard InChI is InChI=1S/C18H21NO3/c1-12(2)11-22-17-7-6-14(9-16(17)13(3)21)18-15(10-20)5-4-8-19-18/h4-9,12,20H,10-11H2,1-3H3. The molecule has 0 saturated heterocycles. The first kappa shape index (κ1) is 16.2. The van der Waals surface area contributed by atoms with Crippen molar-refractivity contribution >= 4 is 5.78 Å². The molecule has 0 spiro atoms. The number of hydrogen-bond acceptors (Lipinski definition) is 4. The highest BCUT2D eigenvalue weighted by atomic mass is 16.5. The molecule has 0 saturated carbocycles. The number of hydrogen-bond donors (Lipinski definition) is 1. The molecule has 0 bridgehead atoms. The van der Waals surface area contributed by atoms with Gasteiger partial charge in [-0.1, -0.05) is 19.9 Å². The molecule has 0 aliphatic rings. The summed E-state index contributed by atoms with van der Waals surface area (Å²) in [7, 11) is 0. The van der Waals surface area contributed by atoms with Crippen molar-refractivity contribution in [2.75, 3.05) is 6.61 Å². The van der Waals surface area contributed by atoms with Gasteiger partial charge in [-0.25, -0.2) is 0 Å². The van der Waals surface area contributed by atoms with E-state index >= 15 is 0 Å². The van der Waals surface area contributed by atoms with Gasteiger partial charge >= 0.3 is 0 Å². The fourth-order valence-corrected chi connectivity index (χ4v) is 2.16. The fraction of sp³-hybridized carbons (Fsp3) is 0.333. The molecule has 2 rings (SSSR count). The van der Waals surface area contributed by atoms with Gasteiger partial charge in [-0.3, -0.25) is 9.78 Å². The van der Waals surface area contributed by atoms with Crippen LogP contribution in [0, 0.1) is 5.92 Å². The molecule has 1 N–H and O–H groups in total. The lowest BCUT2D eigenvalue weighted by Crippen LogP contribution is -2.08. The zero-order valence-electron chi connectivity index (χ0n) is 13.2. The van der Waals surface area contributed by atoms with Crippen LogP contribution in [-0.2, 0) is 6.61 Å². The molecular weight excluding hydrogens is 278 g/mol. The molecule has 1 heterocycles. The van der Waals surface area contributed by atoms with Crippen LogP contribution in [0.25, 0.3) is 11.3 Å². The van der Waals surface area contributed by atoms with E-state index in [1.165, 1.54) is 6.92 Å². The maximum Gasteiger partial charge on any atom is 0.163 e. The molecule has 0 unspecified atom stereocenters. The smallest absolute Gasteiger partial charge is 0.163 e. The summed E-state index contributed by atoms with van der Waals surface area (Å²) in [6, 6.07) is 9.04. The van der Waals surface area contributed by atoms with Crippen LogP contribution in [-0.4, -0.2) is 22.5 Å². The number of carbonyl (C=O) groups excluding carboxylic acids is 1. The Bertz CT molecular complexity index is 665. The average Bonchev–Trinajstić information content (AvgIpc) is 2.52. The van der Waals surface area contributed by atoms with Gasteiger partial charge in [0.05, 0.1) is 24.5 Å². The van der Waals surface area contributed by atoms with Crippen LogP contribution in [0.15, 0.2) is 36.5 Å². The Morgan fingerprint density at radius 2 is 2.09 bits per heavy atom. The highest BCUT2D eigenvalue weighted by molar-refractivity contribution is 5.98. The molecular formula is C18H21NO3. The first-order valence-corrected chi connectivity index (χ1v) is 7.35. The van der Waals surface area contributed by atoms with E-state index in [1.807, 2.05) is 12.1 Å². The number of aromatic nitrogens is 1. The number of ketones is 1. The normalized spacial score (nSPS) is 10.8.